The lowest BCUT2D eigenvalue weighted by atomic mass is 10.3. The molecule has 6 heteroatoms. The summed E-state index contributed by atoms with van der Waals surface area (Å²) in [6, 6.07) is 5.29. The number of rotatable bonds is 2. The first-order valence-corrected chi connectivity index (χ1v) is 5.29. The van der Waals surface area contributed by atoms with Gasteiger partial charge in [-0.3, -0.25) is 5.10 Å². The van der Waals surface area contributed by atoms with Crippen LogP contribution in [0, 0.1) is 0 Å². The number of esters is 1. The fourth-order valence-electron chi connectivity index (χ4n) is 1.12. The van der Waals surface area contributed by atoms with Crippen molar-refractivity contribution >= 4 is 28.9 Å². The van der Waals surface area contributed by atoms with Gasteiger partial charge in [0.1, 0.15) is 0 Å². The van der Waals surface area contributed by atoms with Crippen molar-refractivity contribution < 1.29 is 9.53 Å². The zero-order valence-corrected chi connectivity index (χ0v) is 9.35. The van der Waals surface area contributed by atoms with E-state index in [0.29, 0.717) is 4.34 Å². The van der Waals surface area contributed by atoms with Crippen molar-refractivity contribution in [3.8, 4) is 10.6 Å². The Morgan fingerprint density at radius 2 is 2.40 bits per heavy atom. The maximum absolute atomic E-state index is 11.1. The molecule has 2 heterocycles. The molecule has 2 aromatic heterocycles. The zero-order valence-electron chi connectivity index (χ0n) is 7.78. The van der Waals surface area contributed by atoms with Gasteiger partial charge >= 0.3 is 5.97 Å². The van der Waals surface area contributed by atoms with Crippen LogP contribution in [-0.4, -0.2) is 23.3 Å². The van der Waals surface area contributed by atoms with Crippen LogP contribution in [0.25, 0.3) is 10.6 Å². The van der Waals surface area contributed by atoms with Crippen LogP contribution < -0.4 is 0 Å². The second-order valence-corrected chi connectivity index (χ2v) is 4.48. The van der Waals surface area contributed by atoms with Gasteiger partial charge in [-0.15, -0.1) is 11.3 Å². The average Bonchev–Trinajstić information content (AvgIpc) is 2.84. The second kappa shape index (κ2) is 4.04. The number of thiophene rings is 1. The summed E-state index contributed by atoms with van der Waals surface area (Å²) in [5, 5.41) is 6.59. The third-order valence-electron chi connectivity index (χ3n) is 1.81. The number of methoxy groups -OCH3 is 1. The number of aromatic nitrogens is 2. The quantitative estimate of drug-likeness (QED) is 0.824. The van der Waals surface area contributed by atoms with Crippen LogP contribution >= 0.6 is 22.9 Å². The van der Waals surface area contributed by atoms with Crippen LogP contribution in [0.1, 0.15) is 10.5 Å². The van der Waals surface area contributed by atoms with E-state index < -0.39 is 5.97 Å². The highest BCUT2D eigenvalue weighted by Crippen LogP contribution is 2.29. The van der Waals surface area contributed by atoms with Crippen LogP contribution in [0.5, 0.6) is 0 Å². The maximum Gasteiger partial charge on any atom is 0.358 e. The molecule has 0 aliphatic carbocycles. The number of nitrogens with zero attached hydrogens (tertiary/aromatic N) is 1. The Balaban J connectivity index is 2.31. The van der Waals surface area contributed by atoms with Gasteiger partial charge in [0, 0.05) is 0 Å². The van der Waals surface area contributed by atoms with Crippen molar-refractivity contribution in [2.24, 2.45) is 0 Å². The highest BCUT2D eigenvalue weighted by molar-refractivity contribution is 7.19. The summed E-state index contributed by atoms with van der Waals surface area (Å²) in [4.78, 5) is 12.1. The molecule has 0 atom stereocenters. The molecule has 0 bridgehead atoms. The molecule has 0 saturated heterocycles. The van der Waals surface area contributed by atoms with E-state index >= 15 is 0 Å². The van der Waals surface area contributed by atoms with E-state index in [1.54, 1.807) is 12.1 Å². The SMILES string of the molecule is COC(=O)c1cc(-c2ccc(Cl)s2)[nH]n1. The van der Waals surface area contributed by atoms with E-state index in [0.717, 1.165) is 10.6 Å². The number of hydrogen-bond acceptors (Lipinski definition) is 4. The molecule has 4 nitrogen and oxygen atoms in total. The summed E-state index contributed by atoms with van der Waals surface area (Å²) in [6.07, 6.45) is 0. The summed E-state index contributed by atoms with van der Waals surface area (Å²) >= 11 is 7.22. The summed E-state index contributed by atoms with van der Waals surface area (Å²) in [5.41, 5.74) is 1.02. The fourth-order valence-corrected chi connectivity index (χ4v) is 2.13. The van der Waals surface area contributed by atoms with E-state index in [4.69, 9.17) is 11.6 Å². The molecule has 0 spiro atoms. The molecule has 0 unspecified atom stereocenters. The minimum absolute atomic E-state index is 0.261. The molecule has 0 aliphatic heterocycles. The smallest absolute Gasteiger partial charge is 0.358 e. The molecular formula is C9H7ClN2O2S. The van der Waals surface area contributed by atoms with Gasteiger partial charge in [-0.1, -0.05) is 11.6 Å². The average molecular weight is 243 g/mol. The Kier molecular flexibility index (Phi) is 2.75. The van der Waals surface area contributed by atoms with Gasteiger partial charge in [-0.05, 0) is 18.2 Å². The summed E-state index contributed by atoms with van der Waals surface area (Å²) in [5.74, 6) is -0.458. The number of halogens is 1. The third kappa shape index (κ3) is 2.03. The predicted octanol–water partition coefficient (Wildman–Crippen LogP) is 2.58. The van der Waals surface area contributed by atoms with Gasteiger partial charge < -0.3 is 4.74 Å². The molecule has 78 valence electrons. The number of nitrogens with one attached hydrogen (secondary N) is 1. The van der Waals surface area contributed by atoms with Crippen molar-refractivity contribution in [2.75, 3.05) is 7.11 Å². The number of hydrogen-bond donors (Lipinski definition) is 1. The van der Waals surface area contributed by atoms with Crippen molar-refractivity contribution in [3.05, 3.63) is 28.2 Å². The molecule has 0 radical (unpaired) electrons. The molecule has 2 rings (SSSR count). The van der Waals surface area contributed by atoms with E-state index in [-0.39, 0.29) is 5.69 Å². The Hall–Kier alpha value is -1.33. The highest BCUT2D eigenvalue weighted by atomic mass is 35.5. The number of H-pyrrole nitrogens is 1. The monoisotopic (exact) mass is 242 g/mol. The maximum atomic E-state index is 11.1. The number of ether oxygens (including phenoxy) is 1. The molecule has 0 aromatic carbocycles. The van der Waals surface area contributed by atoms with E-state index in [1.807, 2.05) is 6.07 Å². The molecule has 15 heavy (non-hydrogen) atoms. The lowest BCUT2D eigenvalue weighted by Gasteiger charge is -1.90. The van der Waals surface area contributed by atoms with Gasteiger partial charge in [0.05, 0.1) is 22.0 Å². The molecule has 1 N–H and O–H groups in total. The Morgan fingerprint density at radius 3 is 3.00 bits per heavy atom. The van der Waals surface area contributed by atoms with E-state index in [2.05, 4.69) is 14.9 Å². The number of carbonyl (C=O) groups is 1. The third-order valence-corrected chi connectivity index (χ3v) is 3.08. The fraction of sp³-hybridized carbons (Fsp3) is 0.111. The lowest BCUT2D eigenvalue weighted by molar-refractivity contribution is 0.0594. The van der Waals surface area contributed by atoms with Gasteiger partial charge in [0.2, 0.25) is 0 Å². The molecule has 0 saturated carbocycles. The van der Waals surface area contributed by atoms with Crippen molar-refractivity contribution in [1.82, 2.24) is 10.2 Å². The normalized spacial score (nSPS) is 10.3. The summed E-state index contributed by atoms with van der Waals surface area (Å²) < 4.78 is 5.24. The van der Waals surface area contributed by atoms with Gasteiger partial charge in [0.25, 0.3) is 0 Å². The number of carbonyl (C=O) groups excluding carboxylic acids is 1. The summed E-state index contributed by atoms with van der Waals surface area (Å²) in [6.45, 7) is 0. The predicted molar refractivity (Wildman–Crippen MR) is 58.3 cm³/mol. The largest absolute Gasteiger partial charge is 0.464 e. The number of aromatic amines is 1. The summed E-state index contributed by atoms with van der Waals surface area (Å²) in [7, 11) is 1.32. The van der Waals surface area contributed by atoms with Crippen molar-refractivity contribution in [1.29, 1.82) is 0 Å². The van der Waals surface area contributed by atoms with Crippen LogP contribution in [0.2, 0.25) is 4.34 Å². The van der Waals surface area contributed by atoms with Crippen LogP contribution in [-0.2, 0) is 4.74 Å². The Bertz CT molecular complexity index is 492. The topological polar surface area (TPSA) is 55.0 Å². The minimum atomic E-state index is -0.458. The Labute approximate surface area is 94.8 Å². The van der Waals surface area contributed by atoms with E-state index in [9.17, 15) is 4.79 Å². The zero-order chi connectivity index (χ0) is 10.8. The lowest BCUT2D eigenvalue weighted by Crippen LogP contribution is -2.00. The highest BCUT2D eigenvalue weighted by Gasteiger charge is 2.12. The molecule has 0 amide bonds. The first-order chi connectivity index (χ1) is 7.20. The Morgan fingerprint density at radius 1 is 1.60 bits per heavy atom. The van der Waals surface area contributed by atoms with Crippen LogP contribution in [0.4, 0.5) is 0 Å². The van der Waals surface area contributed by atoms with Crippen molar-refractivity contribution in [3.63, 3.8) is 0 Å². The van der Waals surface area contributed by atoms with Gasteiger partial charge in [-0.25, -0.2) is 4.79 Å². The molecule has 2 aromatic rings. The van der Waals surface area contributed by atoms with Crippen LogP contribution in [0.15, 0.2) is 18.2 Å². The first-order valence-electron chi connectivity index (χ1n) is 4.10. The molecular weight excluding hydrogens is 236 g/mol. The van der Waals surface area contributed by atoms with Gasteiger partial charge in [-0.2, -0.15) is 5.10 Å². The second-order valence-electron chi connectivity index (χ2n) is 2.76. The van der Waals surface area contributed by atoms with Gasteiger partial charge in [0.15, 0.2) is 5.69 Å². The van der Waals surface area contributed by atoms with Crippen molar-refractivity contribution in [2.45, 2.75) is 0 Å². The standard InChI is InChI=1S/C9H7ClN2O2S/c1-14-9(13)6-4-5(11-12-6)7-2-3-8(10)15-7/h2-4H,1H3,(H,11,12). The van der Waals surface area contributed by atoms with Crippen LogP contribution in [0.3, 0.4) is 0 Å². The minimum Gasteiger partial charge on any atom is -0.464 e. The molecule has 0 aliphatic rings. The van der Waals surface area contributed by atoms with E-state index in [1.165, 1.54) is 18.4 Å². The molecule has 0 fully saturated rings. The first kappa shape index (κ1) is 10.2.